The summed E-state index contributed by atoms with van der Waals surface area (Å²) in [6.45, 7) is 2.63. The molecule has 3 aromatic heterocycles. The lowest BCUT2D eigenvalue weighted by Gasteiger charge is -2.05. The molecule has 1 N–H and O–H groups in total. The van der Waals surface area contributed by atoms with Gasteiger partial charge in [0.05, 0.1) is 28.3 Å². The van der Waals surface area contributed by atoms with Crippen LogP contribution in [0.15, 0.2) is 24.7 Å². The molecule has 0 fully saturated rings. The van der Waals surface area contributed by atoms with E-state index in [1.165, 1.54) is 10.7 Å². The summed E-state index contributed by atoms with van der Waals surface area (Å²) in [7, 11) is 0. The highest BCUT2D eigenvalue weighted by Crippen LogP contribution is 2.19. The van der Waals surface area contributed by atoms with Crippen molar-refractivity contribution in [2.45, 2.75) is 33.2 Å². The molecule has 0 aliphatic carbocycles. The Morgan fingerprint density at radius 3 is 2.63 bits per heavy atom. The van der Waals surface area contributed by atoms with E-state index in [0.29, 0.717) is 15.4 Å². The summed E-state index contributed by atoms with van der Waals surface area (Å²) in [5.41, 5.74) is 1.71. The van der Waals surface area contributed by atoms with E-state index in [4.69, 9.17) is 11.6 Å². The predicted octanol–water partition coefficient (Wildman–Crippen LogP) is 2.87. The topological polar surface area (TPSA) is 82.6 Å². The second-order valence-corrected chi connectivity index (χ2v) is 6.24. The van der Waals surface area contributed by atoms with Gasteiger partial charge in [-0.05, 0) is 19.9 Å². The number of carbonyl (C=O) groups is 1. The molecule has 3 rings (SSSR count). The number of aryl methyl sites for hydroxylation is 1. The van der Waals surface area contributed by atoms with Gasteiger partial charge in [-0.15, -0.1) is 0 Å². The summed E-state index contributed by atoms with van der Waals surface area (Å²) in [6, 6.07) is 1.49. The van der Waals surface area contributed by atoms with Crippen LogP contribution in [0.2, 0.25) is 5.02 Å². The Morgan fingerprint density at radius 2 is 2.00 bits per heavy atom. The Balaban J connectivity index is 1.65. The number of alkyl halides is 3. The van der Waals surface area contributed by atoms with Crippen LogP contribution in [0.4, 0.5) is 18.9 Å². The van der Waals surface area contributed by atoms with E-state index in [1.54, 1.807) is 17.8 Å². The smallest absolute Gasteiger partial charge is 0.318 e. The quantitative estimate of drug-likeness (QED) is 0.712. The second-order valence-electron chi connectivity index (χ2n) is 5.86. The van der Waals surface area contributed by atoms with Gasteiger partial charge in [-0.1, -0.05) is 11.6 Å². The van der Waals surface area contributed by atoms with Gasteiger partial charge in [-0.3, -0.25) is 14.2 Å². The molecule has 12 heteroatoms. The normalized spacial score (nSPS) is 11.8. The van der Waals surface area contributed by atoms with Gasteiger partial charge < -0.3 is 5.32 Å². The molecule has 0 aromatic carbocycles. The van der Waals surface area contributed by atoms with E-state index in [-0.39, 0.29) is 18.1 Å². The van der Waals surface area contributed by atoms with E-state index in [2.05, 4.69) is 20.6 Å². The van der Waals surface area contributed by atoms with Crippen LogP contribution in [0.1, 0.15) is 21.9 Å². The number of amides is 1. The van der Waals surface area contributed by atoms with Gasteiger partial charge in [-0.2, -0.15) is 28.5 Å². The molecule has 0 saturated heterocycles. The molecule has 144 valence electrons. The Kier molecular flexibility index (Phi) is 4.96. The van der Waals surface area contributed by atoms with Crippen molar-refractivity contribution in [2.75, 3.05) is 5.32 Å². The SMILES string of the molecule is Cc1nn(Cn2ccc(C(=O)Nc3cnn(CC(F)(F)F)c3)n2)c(C)c1Cl. The maximum absolute atomic E-state index is 12.3. The molecule has 0 aliphatic rings. The number of rotatable bonds is 5. The minimum absolute atomic E-state index is 0.103. The number of hydrogen-bond donors (Lipinski definition) is 1. The van der Waals surface area contributed by atoms with Crippen molar-refractivity contribution in [3.63, 3.8) is 0 Å². The van der Waals surface area contributed by atoms with Crippen molar-refractivity contribution in [2.24, 2.45) is 0 Å². The van der Waals surface area contributed by atoms with Crippen molar-refractivity contribution < 1.29 is 18.0 Å². The summed E-state index contributed by atoms with van der Waals surface area (Å²) in [6.07, 6.45) is -0.566. The molecular weight excluding hydrogens is 387 g/mol. The van der Waals surface area contributed by atoms with Gasteiger partial charge in [0.2, 0.25) is 0 Å². The Hall–Kier alpha value is -2.82. The molecular formula is C15H15ClF3N7O. The number of anilines is 1. The van der Waals surface area contributed by atoms with Crippen LogP contribution in [0.3, 0.4) is 0 Å². The third kappa shape index (κ3) is 4.48. The monoisotopic (exact) mass is 401 g/mol. The number of aromatic nitrogens is 6. The van der Waals surface area contributed by atoms with Gasteiger partial charge in [0.15, 0.2) is 5.69 Å². The fourth-order valence-corrected chi connectivity index (χ4v) is 2.54. The van der Waals surface area contributed by atoms with Crippen LogP contribution in [-0.4, -0.2) is 41.4 Å². The van der Waals surface area contributed by atoms with Gasteiger partial charge >= 0.3 is 6.18 Å². The Labute approximate surface area is 156 Å². The average Bonchev–Trinajstić information content (AvgIpc) is 3.25. The highest BCUT2D eigenvalue weighted by molar-refractivity contribution is 6.31. The molecule has 1 amide bonds. The summed E-state index contributed by atoms with van der Waals surface area (Å²) in [5, 5.41) is 15.0. The van der Waals surface area contributed by atoms with Crippen LogP contribution >= 0.6 is 11.6 Å². The van der Waals surface area contributed by atoms with Crippen molar-refractivity contribution in [3.8, 4) is 0 Å². The molecule has 0 bridgehead atoms. The van der Waals surface area contributed by atoms with Crippen molar-refractivity contribution in [1.29, 1.82) is 0 Å². The number of carbonyl (C=O) groups excluding carboxylic acids is 1. The summed E-state index contributed by atoms with van der Waals surface area (Å²) in [4.78, 5) is 12.2. The van der Waals surface area contributed by atoms with E-state index >= 15 is 0 Å². The standard InChI is InChI=1S/C15H15ClF3N7O/c1-9-13(16)10(2)26(22-9)8-24-4-3-12(23-24)14(27)21-11-5-20-25(6-11)7-15(17,18)19/h3-6H,7-8H2,1-2H3,(H,21,27). The molecule has 0 spiro atoms. The van der Waals surface area contributed by atoms with Crippen LogP contribution in [0.25, 0.3) is 0 Å². The first-order valence-corrected chi connectivity index (χ1v) is 8.14. The number of hydrogen-bond acceptors (Lipinski definition) is 4. The maximum Gasteiger partial charge on any atom is 0.408 e. The first kappa shape index (κ1) is 19.0. The summed E-state index contributed by atoms with van der Waals surface area (Å²) >= 11 is 6.10. The van der Waals surface area contributed by atoms with Gasteiger partial charge in [0, 0.05) is 12.4 Å². The van der Waals surface area contributed by atoms with Gasteiger partial charge in [0.25, 0.3) is 5.91 Å². The minimum atomic E-state index is -4.39. The van der Waals surface area contributed by atoms with Gasteiger partial charge in [-0.25, -0.2) is 4.68 Å². The zero-order valence-electron chi connectivity index (χ0n) is 14.3. The molecule has 0 unspecified atom stereocenters. The second kappa shape index (κ2) is 7.06. The summed E-state index contributed by atoms with van der Waals surface area (Å²) < 4.78 is 40.9. The van der Waals surface area contributed by atoms with Crippen molar-refractivity contribution >= 4 is 23.2 Å². The predicted molar refractivity (Wildman–Crippen MR) is 90.6 cm³/mol. The molecule has 0 atom stereocenters. The van der Waals surface area contributed by atoms with Crippen LogP contribution < -0.4 is 5.32 Å². The first-order chi connectivity index (χ1) is 12.6. The van der Waals surface area contributed by atoms with Crippen LogP contribution in [0, 0.1) is 13.8 Å². The fraction of sp³-hybridized carbons (Fsp3) is 0.333. The highest BCUT2D eigenvalue weighted by atomic mass is 35.5. The molecule has 0 radical (unpaired) electrons. The van der Waals surface area contributed by atoms with Gasteiger partial charge in [0.1, 0.15) is 13.2 Å². The third-order valence-corrected chi connectivity index (χ3v) is 4.22. The molecule has 0 aliphatic heterocycles. The zero-order chi connectivity index (χ0) is 19.8. The average molecular weight is 402 g/mol. The van der Waals surface area contributed by atoms with E-state index < -0.39 is 18.6 Å². The van der Waals surface area contributed by atoms with Crippen molar-refractivity contribution in [1.82, 2.24) is 29.3 Å². The third-order valence-electron chi connectivity index (χ3n) is 3.68. The number of halogens is 4. The zero-order valence-corrected chi connectivity index (χ0v) is 15.1. The maximum atomic E-state index is 12.3. The number of nitrogens with one attached hydrogen (secondary N) is 1. The molecule has 0 saturated carbocycles. The van der Waals surface area contributed by atoms with Crippen LogP contribution in [0.5, 0.6) is 0 Å². The highest BCUT2D eigenvalue weighted by Gasteiger charge is 2.28. The lowest BCUT2D eigenvalue weighted by atomic mass is 10.4. The van der Waals surface area contributed by atoms with E-state index in [0.717, 1.165) is 18.1 Å². The molecule has 8 nitrogen and oxygen atoms in total. The van der Waals surface area contributed by atoms with Crippen molar-refractivity contribution in [3.05, 3.63) is 46.8 Å². The minimum Gasteiger partial charge on any atom is -0.318 e. The molecule has 27 heavy (non-hydrogen) atoms. The summed E-state index contributed by atoms with van der Waals surface area (Å²) in [5.74, 6) is -0.563. The van der Waals surface area contributed by atoms with E-state index in [1.807, 2.05) is 6.92 Å². The lowest BCUT2D eigenvalue weighted by molar-refractivity contribution is -0.142. The van der Waals surface area contributed by atoms with E-state index in [9.17, 15) is 18.0 Å². The fourth-order valence-electron chi connectivity index (χ4n) is 2.40. The molecule has 3 aromatic rings. The Morgan fingerprint density at radius 1 is 1.26 bits per heavy atom. The lowest BCUT2D eigenvalue weighted by Crippen LogP contribution is -2.18. The number of nitrogens with zero attached hydrogens (tertiary/aromatic N) is 6. The largest absolute Gasteiger partial charge is 0.408 e. The van der Waals surface area contributed by atoms with Crippen LogP contribution in [-0.2, 0) is 13.2 Å². The Bertz CT molecular complexity index is 973. The first-order valence-electron chi connectivity index (χ1n) is 7.76. The molecule has 3 heterocycles.